The molecule has 1 unspecified atom stereocenters. The summed E-state index contributed by atoms with van der Waals surface area (Å²) >= 11 is 3.64. The number of nitrogens with one attached hydrogen (secondary N) is 1. The van der Waals surface area contributed by atoms with Crippen LogP contribution in [-0.2, 0) is 11.4 Å². The second-order valence-electron chi connectivity index (χ2n) is 10.4. The largest absolute Gasteiger partial charge is 0.489 e. The number of nitrogens with zero attached hydrogens (tertiary/aromatic N) is 3. The fourth-order valence-corrected chi connectivity index (χ4v) is 5.47. The molecule has 1 amide bonds. The summed E-state index contributed by atoms with van der Waals surface area (Å²) in [5, 5.41) is 11.3. The number of fused-ring (bicyclic) bond motifs is 1. The molecule has 0 spiro atoms. The highest BCUT2D eigenvalue weighted by Gasteiger charge is 2.20. The minimum Gasteiger partial charge on any atom is -0.489 e. The van der Waals surface area contributed by atoms with Crippen molar-refractivity contribution in [2.45, 2.75) is 26.1 Å². The van der Waals surface area contributed by atoms with Crippen LogP contribution >= 0.6 is 15.9 Å². The third kappa shape index (κ3) is 7.13. The zero-order valence-electron chi connectivity index (χ0n) is 24.6. The van der Waals surface area contributed by atoms with E-state index in [0.717, 1.165) is 49.1 Å². The Kier molecular flexibility index (Phi) is 9.32. The van der Waals surface area contributed by atoms with Gasteiger partial charge < -0.3 is 9.47 Å². The van der Waals surface area contributed by atoms with Gasteiger partial charge in [-0.05, 0) is 81.2 Å². The van der Waals surface area contributed by atoms with Crippen molar-refractivity contribution in [3.05, 3.63) is 143 Å². The van der Waals surface area contributed by atoms with Crippen LogP contribution in [0.2, 0.25) is 0 Å². The second-order valence-corrected chi connectivity index (χ2v) is 11.2. The number of halogens is 1. The highest BCUT2D eigenvalue weighted by atomic mass is 79.9. The number of para-hydroxylation sites is 1. The van der Waals surface area contributed by atoms with Crippen LogP contribution in [0.15, 0.2) is 137 Å². The number of carbonyl (C=O) groups is 1. The number of hydrogen-bond acceptors (Lipinski definition) is 5. The second kappa shape index (κ2) is 14.1. The third-order valence-electron chi connectivity index (χ3n) is 7.28. The number of amides is 1. The molecular weight excluding hydrogens is 628 g/mol. The van der Waals surface area contributed by atoms with Crippen molar-refractivity contribution in [2.75, 3.05) is 0 Å². The lowest BCUT2D eigenvalue weighted by molar-refractivity contribution is -0.128. The van der Waals surface area contributed by atoms with Gasteiger partial charge in [-0.2, -0.15) is 10.2 Å². The normalized spacial score (nSPS) is 11.9. The Bertz CT molecular complexity index is 1920. The van der Waals surface area contributed by atoms with E-state index in [2.05, 4.69) is 26.5 Å². The first-order chi connectivity index (χ1) is 22.1. The molecule has 0 saturated carbocycles. The highest BCUT2D eigenvalue weighted by Crippen LogP contribution is 2.34. The number of aromatic nitrogens is 2. The summed E-state index contributed by atoms with van der Waals surface area (Å²) in [7, 11) is 0. The minimum absolute atomic E-state index is 0.342. The van der Waals surface area contributed by atoms with Crippen LogP contribution in [0.1, 0.15) is 24.5 Å². The fraction of sp³-hybridized carbons (Fsp3) is 0.108. The molecular formula is C37H31BrN4O3. The first-order valence-corrected chi connectivity index (χ1v) is 15.5. The average Bonchev–Trinajstić information content (AvgIpc) is 3.52. The number of carbonyl (C=O) groups excluding carboxylic acids is 1. The lowest BCUT2D eigenvalue weighted by Gasteiger charge is -2.17. The van der Waals surface area contributed by atoms with Crippen molar-refractivity contribution in [1.29, 1.82) is 0 Å². The van der Waals surface area contributed by atoms with Crippen molar-refractivity contribution in [3.8, 4) is 28.4 Å². The van der Waals surface area contributed by atoms with Crippen molar-refractivity contribution >= 4 is 38.8 Å². The first-order valence-electron chi connectivity index (χ1n) is 14.7. The van der Waals surface area contributed by atoms with Gasteiger partial charge in [0.1, 0.15) is 23.8 Å². The van der Waals surface area contributed by atoms with Gasteiger partial charge in [0.15, 0.2) is 6.10 Å². The first kappa shape index (κ1) is 29.8. The quantitative estimate of drug-likeness (QED) is 0.112. The molecule has 0 aliphatic rings. The summed E-state index contributed by atoms with van der Waals surface area (Å²) in [6.45, 7) is 2.39. The van der Waals surface area contributed by atoms with Gasteiger partial charge in [-0.15, -0.1) is 0 Å². The predicted molar refractivity (Wildman–Crippen MR) is 182 cm³/mol. The molecule has 0 aliphatic carbocycles. The minimum atomic E-state index is -0.727. The van der Waals surface area contributed by atoms with Crippen LogP contribution < -0.4 is 14.9 Å². The van der Waals surface area contributed by atoms with E-state index >= 15 is 0 Å². The maximum atomic E-state index is 13.1. The summed E-state index contributed by atoms with van der Waals surface area (Å²) in [4.78, 5) is 13.1. The lowest BCUT2D eigenvalue weighted by Crippen LogP contribution is -2.35. The Balaban J connectivity index is 1.19. The van der Waals surface area contributed by atoms with Gasteiger partial charge >= 0.3 is 0 Å². The van der Waals surface area contributed by atoms with E-state index in [1.807, 2.05) is 134 Å². The summed E-state index contributed by atoms with van der Waals surface area (Å²) < 4.78 is 14.7. The molecule has 1 N–H and O–H groups in total. The van der Waals surface area contributed by atoms with E-state index < -0.39 is 6.10 Å². The van der Waals surface area contributed by atoms with Crippen LogP contribution in [-0.4, -0.2) is 28.0 Å². The SMILES string of the molecule is CCC(Oc1ccc2ccccc2c1Br)C(=O)N/N=C/c1cn(-c2ccccc2)nc1-c1ccc(OCc2ccccc2)cc1. The van der Waals surface area contributed by atoms with E-state index in [-0.39, 0.29) is 5.91 Å². The maximum Gasteiger partial charge on any atom is 0.281 e. The van der Waals surface area contributed by atoms with Gasteiger partial charge in [0, 0.05) is 17.3 Å². The Morgan fingerprint density at radius 2 is 1.62 bits per heavy atom. The molecule has 6 rings (SSSR count). The topological polar surface area (TPSA) is 77.7 Å². The molecule has 224 valence electrons. The number of hydrazone groups is 1. The molecule has 0 radical (unpaired) electrons. The van der Waals surface area contributed by atoms with E-state index in [4.69, 9.17) is 14.6 Å². The molecule has 1 heterocycles. The number of hydrogen-bond donors (Lipinski definition) is 1. The zero-order valence-corrected chi connectivity index (χ0v) is 26.2. The van der Waals surface area contributed by atoms with E-state index in [1.165, 1.54) is 0 Å². The monoisotopic (exact) mass is 658 g/mol. The molecule has 45 heavy (non-hydrogen) atoms. The Hall–Kier alpha value is -5.21. The molecule has 1 aromatic heterocycles. The van der Waals surface area contributed by atoms with Crippen molar-refractivity contribution < 1.29 is 14.3 Å². The number of benzene rings is 5. The molecule has 1 atom stereocenters. The predicted octanol–water partition coefficient (Wildman–Crippen LogP) is 8.34. The van der Waals surface area contributed by atoms with Gasteiger partial charge in [-0.25, -0.2) is 10.1 Å². The summed E-state index contributed by atoms with van der Waals surface area (Å²) in [5.74, 6) is 1.02. The number of rotatable bonds is 11. The van der Waals surface area contributed by atoms with Crippen LogP contribution in [0.4, 0.5) is 0 Å². The van der Waals surface area contributed by atoms with E-state index in [9.17, 15) is 4.79 Å². The third-order valence-corrected chi connectivity index (χ3v) is 8.10. The van der Waals surface area contributed by atoms with Crippen LogP contribution in [0.25, 0.3) is 27.7 Å². The van der Waals surface area contributed by atoms with Crippen LogP contribution in [0.3, 0.4) is 0 Å². The highest BCUT2D eigenvalue weighted by molar-refractivity contribution is 9.10. The molecule has 0 aliphatic heterocycles. The summed E-state index contributed by atoms with van der Waals surface area (Å²) in [6, 6.07) is 39.5. The Morgan fingerprint density at radius 1 is 0.911 bits per heavy atom. The standard InChI is InChI=1S/C37H31BrN4O3/c1-2-33(45-34-22-19-27-13-9-10-16-32(27)35(34)38)37(43)40-39-23-29-24-42(30-14-7-4-8-15-30)41-36(29)28-17-20-31(21-18-28)44-25-26-11-5-3-6-12-26/h3-24,33H,2,25H2,1H3,(H,40,43)/b39-23+. The zero-order chi connectivity index (χ0) is 31.0. The van der Waals surface area contributed by atoms with Gasteiger partial charge in [-0.1, -0.05) is 85.8 Å². The smallest absolute Gasteiger partial charge is 0.281 e. The van der Waals surface area contributed by atoms with Gasteiger partial charge in [0.05, 0.1) is 16.4 Å². The molecule has 6 aromatic rings. The molecule has 0 fully saturated rings. The Morgan fingerprint density at radius 3 is 2.38 bits per heavy atom. The van der Waals surface area contributed by atoms with Crippen molar-refractivity contribution in [1.82, 2.24) is 15.2 Å². The van der Waals surface area contributed by atoms with Crippen molar-refractivity contribution in [3.63, 3.8) is 0 Å². The maximum absolute atomic E-state index is 13.1. The van der Waals surface area contributed by atoms with E-state index in [0.29, 0.717) is 18.8 Å². The Labute approximate surface area is 270 Å². The molecule has 0 saturated heterocycles. The molecule has 0 bridgehead atoms. The molecule has 8 heteroatoms. The van der Waals surface area contributed by atoms with Gasteiger partial charge in [-0.3, -0.25) is 4.79 Å². The molecule has 7 nitrogen and oxygen atoms in total. The van der Waals surface area contributed by atoms with Crippen LogP contribution in [0, 0.1) is 0 Å². The van der Waals surface area contributed by atoms with Crippen molar-refractivity contribution in [2.24, 2.45) is 5.10 Å². The average molecular weight is 660 g/mol. The number of ether oxygens (including phenoxy) is 2. The fourth-order valence-electron chi connectivity index (χ4n) is 4.89. The van der Waals surface area contributed by atoms with Gasteiger partial charge in [0.2, 0.25) is 0 Å². The summed E-state index contributed by atoms with van der Waals surface area (Å²) in [6.07, 6.45) is 3.24. The van der Waals surface area contributed by atoms with Crippen LogP contribution in [0.5, 0.6) is 11.5 Å². The summed E-state index contributed by atoms with van der Waals surface area (Å²) in [5.41, 5.74) is 7.02. The van der Waals surface area contributed by atoms with E-state index in [1.54, 1.807) is 10.9 Å². The lowest BCUT2D eigenvalue weighted by atomic mass is 10.1. The van der Waals surface area contributed by atoms with Gasteiger partial charge in [0.25, 0.3) is 5.91 Å². The molecule has 5 aromatic carbocycles.